The van der Waals surface area contributed by atoms with Crippen LogP contribution < -0.4 is 15.4 Å². The summed E-state index contributed by atoms with van der Waals surface area (Å²) in [5, 5.41) is 9.67. The Kier molecular flexibility index (Phi) is 9.27. The third-order valence-corrected chi connectivity index (χ3v) is 9.19. The van der Waals surface area contributed by atoms with Gasteiger partial charge in [-0.3, -0.25) is 0 Å². The van der Waals surface area contributed by atoms with Crippen LogP contribution in [0.15, 0.2) is 66.3 Å². The number of ether oxygens (including phenoxy) is 1. The number of anilines is 2. The van der Waals surface area contributed by atoms with E-state index in [-0.39, 0.29) is 29.5 Å². The second kappa shape index (κ2) is 13.1. The van der Waals surface area contributed by atoms with Gasteiger partial charge < -0.3 is 15.4 Å². The zero-order valence-electron chi connectivity index (χ0n) is 22.4. The molecule has 2 N–H and O–H groups in total. The Bertz CT molecular complexity index is 1840. The fourth-order valence-electron chi connectivity index (χ4n) is 4.08. The minimum atomic E-state index is -3.06. The first kappa shape index (κ1) is 29.8. The van der Waals surface area contributed by atoms with Crippen LogP contribution in [0.1, 0.15) is 17.5 Å². The zero-order chi connectivity index (χ0) is 29.7. The number of aromatic nitrogens is 3. The Morgan fingerprint density at radius 2 is 1.93 bits per heavy atom. The van der Waals surface area contributed by atoms with Crippen molar-refractivity contribution in [3.63, 3.8) is 0 Å². The van der Waals surface area contributed by atoms with Gasteiger partial charge in [0.15, 0.2) is 9.84 Å². The van der Waals surface area contributed by atoms with Crippen LogP contribution in [0.5, 0.6) is 5.75 Å². The molecular weight excluding hydrogens is 604 g/mol. The summed E-state index contributed by atoms with van der Waals surface area (Å²) in [6.07, 6.45) is 1.34. The van der Waals surface area contributed by atoms with E-state index in [1.807, 2.05) is 0 Å². The maximum Gasteiger partial charge on any atom is 0.151 e. The number of nitrogens with zero attached hydrogens (tertiary/aromatic N) is 3. The summed E-state index contributed by atoms with van der Waals surface area (Å²) in [4.78, 5) is 13.1. The number of fused-ring (bicyclic) bond motifs is 1. The van der Waals surface area contributed by atoms with E-state index in [4.69, 9.17) is 16.3 Å². The number of nitrogens with one attached hydrogen (secondary N) is 2. The van der Waals surface area contributed by atoms with Crippen LogP contribution >= 0.6 is 22.9 Å². The first-order valence-electron chi connectivity index (χ1n) is 12.9. The molecule has 5 aromatic rings. The molecule has 13 heteroatoms. The van der Waals surface area contributed by atoms with Crippen LogP contribution in [0, 0.1) is 11.6 Å². The molecule has 0 aliphatic heterocycles. The van der Waals surface area contributed by atoms with Gasteiger partial charge in [0.25, 0.3) is 0 Å². The van der Waals surface area contributed by atoms with E-state index in [1.54, 1.807) is 48.7 Å². The zero-order valence-corrected chi connectivity index (χ0v) is 24.8. The molecule has 42 heavy (non-hydrogen) atoms. The summed E-state index contributed by atoms with van der Waals surface area (Å²) in [7, 11) is -3.06. The second-order valence-electron chi connectivity index (χ2n) is 9.30. The molecule has 0 aliphatic carbocycles. The van der Waals surface area contributed by atoms with Crippen molar-refractivity contribution in [2.24, 2.45) is 0 Å². The fourth-order valence-corrected chi connectivity index (χ4v) is 5.82. The molecule has 0 unspecified atom stereocenters. The van der Waals surface area contributed by atoms with E-state index in [0.717, 1.165) is 0 Å². The maximum absolute atomic E-state index is 15.1. The molecule has 0 saturated heterocycles. The van der Waals surface area contributed by atoms with Gasteiger partial charge in [-0.25, -0.2) is 32.2 Å². The van der Waals surface area contributed by atoms with Crippen molar-refractivity contribution in [3.8, 4) is 17.0 Å². The average Bonchev–Trinajstić information content (AvgIpc) is 3.43. The maximum atomic E-state index is 15.1. The molecule has 0 atom stereocenters. The van der Waals surface area contributed by atoms with E-state index >= 15 is 4.39 Å². The molecule has 0 amide bonds. The number of rotatable bonds is 12. The van der Waals surface area contributed by atoms with Crippen molar-refractivity contribution in [1.29, 1.82) is 0 Å². The number of thiazole rings is 1. The molecule has 0 aliphatic rings. The Hall–Kier alpha value is -3.71. The highest BCUT2D eigenvalue weighted by molar-refractivity contribution is 7.91. The number of benzene rings is 3. The van der Waals surface area contributed by atoms with Gasteiger partial charge in [-0.05, 0) is 42.0 Å². The average molecular weight is 630 g/mol. The SMILES string of the molecule is CCS(=O)(=O)CCNCc1nc(-c2cc3c(Nc4ccc(OCc5cccc(F)c5)c(Cl)c4)ncnc3cc2F)cs1. The largest absolute Gasteiger partial charge is 0.487 e. The van der Waals surface area contributed by atoms with Gasteiger partial charge in [0.05, 0.1) is 22.0 Å². The summed E-state index contributed by atoms with van der Waals surface area (Å²) in [5.74, 6) is 0.208. The minimum absolute atomic E-state index is 0.0483. The first-order valence-corrected chi connectivity index (χ1v) is 16.0. The van der Waals surface area contributed by atoms with Crippen LogP contribution in [0.3, 0.4) is 0 Å². The quantitative estimate of drug-likeness (QED) is 0.150. The molecule has 0 saturated carbocycles. The van der Waals surface area contributed by atoms with Gasteiger partial charge in [0.2, 0.25) is 0 Å². The lowest BCUT2D eigenvalue weighted by atomic mass is 10.1. The number of hydrogen-bond acceptors (Lipinski definition) is 9. The molecule has 0 bridgehead atoms. The molecule has 8 nitrogen and oxygen atoms in total. The summed E-state index contributed by atoms with van der Waals surface area (Å²) in [6, 6.07) is 14.2. The van der Waals surface area contributed by atoms with Crippen LogP contribution in [0.4, 0.5) is 20.3 Å². The first-order chi connectivity index (χ1) is 20.2. The Balaban J connectivity index is 1.31. The monoisotopic (exact) mass is 629 g/mol. The summed E-state index contributed by atoms with van der Waals surface area (Å²) in [6.45, 7) is 2.46. The minimum Gasteiger partial charge on any atom is -0.487 e. The van der Waals surface area contributed by atoms with Gasteiger partial charge >= 0.3 is 0 Å². The highest BCUT2D eigenvalue weighted by Crippen LogP contribution is 2.34. The molecule has 0 radical (unpaired) electrons. The van der Waals surface area contributed by atoms with Gasteiger partial charge in [0.1, 0.15) is 41.1 Å². The summed E-state index contributed by atoms with van der Waals surface area (Å²) < 4.78 is 57.7. The van der Waals surface area contributed by atoms with Gasteiger partial charge in [0, 0.05) is 46.9 Å². The number of halogens is 3. The van der Waals surface area contributed by atoms with Crippen molar-refractivity contribution >= 4 is 55.2 Å². The molecular formula is C29H26ClF2N5O3S2. The van der Waals surface area contributed by atoms with Crippen molar-refractivity contribution < 1.29 is 21.9 Å². The highest BCUT2D eigenvalue weighted by Gasteiger charge is 2.15. The van der Waals surface area contributed by atoms with E-state index < -0.39 is 15.7 Å². The lowest BCUT2D eigenvalue weighted by Gasteiger charge is -2.12. The van der Waals surface area contributed by atoms with Crippen LogP contribution in [-0.4, -0.2) is 41.4 Å². The lowest BCUT2D eigenvalue weighted by molar-refractivity contribution is 0.306. The van der Waals surface area contributed by atoms with Crippen LogP contribution in [0.25, 0.3) is 22.2 Å². The predicted molar refractivity (Wildman–Crippen MR) is 162 cm³/mol. The molecule has 5 rings (SSSR count). The molecule has 3 aromatic carbocycles. The molecule has 2 heterocycles. The van der Waals surface area contributed by atoms with Crippen LogP contribution in [-0.2, 0) is 23.0 Å². The van der Waals surface area contributed by atoms with Gasteiger partial charge in [-0.2, -0.15) is 0 Å². The Morgan fingerprint density at radius 1 is 1.07 bits per heavy atom. The normalized spacial score (nSPS) is 11.6. The second-order valence-corrected chi connectivity index (χ2v) is 13.1. The van der Waals surface area contributed by atoms with E-state index in [0.29, 0.717) is 62.5 Å². The number of hydrogen-bond donors (Lipinski definition) is 2. The highest BCUT2D eigenvalue weighted by atomic mass is 35.5. The Morgan fingerprint density at radius 3 is 2.71 bits per heavy atom. The molecule has 218 valence electrons. The van der Waals surface area contributed by atoms with E-state index in [1.165, 1.54) is 35.9 Å². The van der Waals surface area contributed by atoms with Crippen molar-refractivity contribution in [1.82, 2.24) is 20.3 Å². The molecule has 0 fully saturated rings. The van der Waals surface area contributed by atoms with Crippen molar-refractivity contribution in [2.45, 2.75) is 20.1 Å². The lowest BCUT2D eigenvalue weighted by Crippen LogP contribution is -2.23. The van der Waals surface area contributed by atoms with E-state index in [9.17, 15) is 12.8 Å². The van der Waals surface area contributed by atoms with Gasteiger partial charge in [-0.15, -0.1) is 11.3 Å². The third kappa shape index (κ3) is 7.37. The predicted octanol–water partition coefficient (Wildman–Crippen LogP) is 6.53. The van der Waals surface area contributed by atoms with Gasteiger partial charge in [-0.1, -0.05) is 30.7 Å². The topological polar surface area (TPSA) is 106 Å². The number of sulfone groups is 1. The summed E-state index contributed by atoms with van der Waals surface area (Å²) >= 11 is 7.80. The van der Waals surface area contributed by atoms with Crippen LogP contribution in [0.2, 0.25) is 5.02 Å². The Labute approximate surface area is 250 Å². The summed E-state index contributed by atoms with van der Waals surface area (Å²) in [5.41, 5.74) is 2.44. The van der Waals surface area contributed by atoms with E-state index in [2.05, 4.69) is 25.6 Å². The third-order valence-electron chi connectivity index (χ3n) is 6.34. The van der Waals surface area contributed by atoms with Crippen molar-refractivity contribution in [3.05, 3.63) is 93.5 Å². The van der Waals surface area contributed by atoms with Crippen molar-refractivity contribution in [2.75, 3.05) is 23.4 Å². The standard InChI is InChI=1S/C29H26ClF2N5O3S2/c1-2-42(38,39)9-8-33-14-28-37-26(16-41-28)21-12-22-25(13-24(21)32)34-17-35-29(22)36-20-6-7-27(23(30)11-20)40-15-18-4-3-5-19(31)10-18/h3-7,10-13,16-17,33H,2,8-9,14-15H2,1H3,(H,34,35,36). The molecule has 2 aromatic heterocycles. The smallest absolute Gasteiger partial charge is 0.151 e. The fraction of sp³-hybridized carbons (Fsp3) is 0.207. The molecule has 0 spiro atoms.